The van der Waals surface area contributed by atoms with E-state index in [1.807, 2.05) is 0 Å². The number of rotatable bonds is 12. The number of hydrogen-bond acceptors (Lipinski definition) is 12. The third-order valence-corrected chi connectivity index (χ3v) is 6.89. The maximum absolute atomic E-state index is 11.3. The van der Waals surface area contributed by atoms with Crippen molar-refractivity contribution in [3.05, 3.63) is 23.8 Å². The summed E-state index contributed by atoms with van der Waals surface area (Å²) in [4.78, 5) is 15.6. The fraction of sp³-hybridized carbons (Fsp3) is 0.636. The lowest BCUT2D eigenvalue weighted by Gasteiger charge is -2.41. The molecule has 2 aliphatic rings. The lowest BCUT2D eigenvalue weighted by Crippen LogP contribution is -2.59. The Morgan fingerprint density at radius 1 is 1.23 bits per heavy atom. The molecule has 0 bridgehead atoms. The van der Waals surface area contributed by atoms with Gasteiger partial charge in [-0.1, -0.05) is 0 Å². The molecule has 2 aliphatic heterocycles. The molecule has 1 fully saturated rings. The summed E-state index contributed by atoms with van der Waals surface area (Å²) in [6, 6.07) is 4.70. The van der Waals surface area contributed by atoms with Gasteiger partial charge in [0.2, 0.25) is 0 Å². The average Bonchev–Trinajstić information content (AvgIpc) is 3.23. The standard InChI is InChI=1S/C22H31NO11S/c1-22(21(28)29)11-35-19(23-22)13-4-3-12(9-14(13)25)32-7-5-31-6-8-33-20-17(27)18(30-2)16(26)15(10-24)34-20/h3-4,9,15-18,20,24-27H,5-8,10-11H2,1-2H3,(H,28,29). The predicted octanol–water partition coefficient (Wildman–Crippen LogP) is -0.405. The van der Waals surface area contributed by atoms with E-state index in [0.717, 1.165) is 0 Å². The number of aliphatic carboxylic acids is 1. The van der Waals surface area contributed by atoms with Crippen molar-refractivity contribution in [2.75, 3.05) is 45.9 Å². The van der Waals surface area contributed by atoms with Gasteiger partial charge in [-0.3, -0.25) is 4.99 Å². The van der Waals surface area contributed by atoms with Gasteiger partial charge >= 0.3 is 5.97 Å². The lowest BCUT2D eigenvalue weighted by atomic mass is 9.99. The number of hydrogen-bond donors (Lipinski definition) is 5. The average molecular weight is 518 g/mol. The van der Waals surface area contributed by atoms with E-state index >= 15 is 0 Å². The number of carboxylic acids is 1. The first-order valence-electron chi connectivity index (χ1n) is 11.0. The van der Waals surface area contributed by atoms with Crippen LogP contribution in [-0.2, 0) is 23.7 Å². The Hall–Kier alpha value is -1.97. The highest BCUT2D eigenvalue weighted by Crippen LogP contribution is 2.35. The summed E-state index contributed by atoms with van der Waals surface area (Å²) in [5.41, 5.74) is -0.767. The highest BCUT2D eigenvalue weighted by molar-refractivity contribution is 8.14. The van der Waals surface area contributed by atoms with Crippen LogP contribution >= 0.6 is 11.8 Å². The van der Waals surface area contributed by atoms with E-state index in [2.05, 4.69) is 4.99 Å². The van der Waals surface area contributed by atoms with Crippen molar-refractivity contribution in [2.24, 2.45) is 4.99 Å². The van der Waals surface area contributed by atoms with E-state index in [0.29, 0.717) is 22.1 Å². The van der Waals surface area contributed by atoms with Crippen molar-refractivity contribution in [2.45, 2.75) is 43.2 Å². The van der Waals surface area contributed by atoms with E-state index in [-0.39, 0.29) is 32.2 Å². The molecule has 5 N–H and O–H groups in total. The SMILES string of the molecule is COC1C(O)C(CO)OC(OCCOCCOc2ccc(C3=NC(C)(C(=O)O)CS3)c(O)c2)C1O. The molecule has 0 aromatic heterocycles. The molecular formula is C22H31NO11S. The van der Waals surface area contributed by atoms with Gasteiger partial charge in [-0.05, 0) is 19.1 Å². The fourth-order valence-corrected chi connectivity index (χ4v) is 4.74. The van der Waals surface area contributed by atoms with Crippen LogP contribution in [0.5, 0.6) is 11.5 Å². The number of aromatic hydroxyl groups is 1. The maximum Gasteiger partial charge on any atom is 0.332 e. The van der Waals surface area contributed by atoms with Crippen molar-refractivity contribution in [3.8, 4) is 11.5 Å². The van der Waals surface area contributed by atoms with Gasteiger partial charge in [-0.2, -0.15) is 0 Å². The molecule has 0 spiro atoms. The van der Waals surface area contributed by atoms with Crippen molar-refractivity contribution >= 4 is 22.8 Å². The summed E-state index contributed by atoms with van der Waals surface area (Å²) in [6.07, 6.45) is -5.40. The van der Waals surface area contributed by atoms with Crippen molar-refractivity contribution in [3.63, 3.8) is 0 Å². The van der Waals surface area contributed by atoms with E-state index in [1.165, 1.54) is 31.9 Å². The molecular weight excluding hydrogens is 486 g/mol. The van der Waals surface area contributed by atoms with Crippen LogP contribution in [0.4, 0.5) is 0 Å². The number of carbonyl (C=O) groups is 1. The van der Waals surface area contributed by atoms with Crippen LogP contribution < -0.4 is 4.74 Å². The molecule has 1 aromatic rings. The molecule has 1 aromatic carbocycles. The molecule has 0 radical (unpaired) electrons. The fourth-order valence-electron chi connectivity index (χ4n) is 3.54. The Bertz CT molecular complexity index is 900. The summed E-state index contributed by atoms with van der Waals surface area (Å²) < 4.78 is 26.9. The molecule has 1 saturated heterocycles. The molecule has 35 heavy (non-hydrogen) atoms. The number of phenolic OH excluding ortho intramolecular Hbond substituents is 1. The topological polar surface area (TPSA) is 177 Å². The second kappa shape index (κ2) is 12.3. The lowest BCUT2D eigenvalue weighted by molar-refractivity contribution is -0.306. The van der Waals surface area contributed by atoms with Crippen LogP contribution in [0.3, 0.4) is 0 Å². The highest BCUT2D eigenvalue weighted by Gasteiger charge is 2.45. The molecule has 6 atom stereocenters. The normalized spacial score (nSPS) is 30.8. The third-order valence-electron chi connectivity index (χ3n) is 5.60. The summed E-state index contributed by atoms with van der Waals surface area (Å²) >= 11 is 1.27. The van der Waals surface area contributed by atoms with Gasteiger partial charge in [0.25, 0.3) is 0 Å². The second-order valence-corrected chi connectivity index (χ2v) is 9.17. The molecule has 12 nitrogen and oxygen atoms in total. The number of phenols is 1. The highest BCUT2D eigenvalue weighted by atomic mass is 32.2. The predicted molar refractivity (Wildman–Crippen MR) is 124 cm³/mol. The molecule has 0 saturated carbocycles. The van der Waals surface area contributed by atoms with E-state index in [4.69, 9.17) is 23.7 Å². The largest absolute Gasteiger partial charge is 0.507 e. The van der Waals surface area contributed by atoms with Gasteiger partial charge in [0.15, 0.2) is 11.8 Å². The van der Waals surface area contributed by atoms with E-state index in [1.54, 1.807) is 12.1 Å². The molecule has 0 amide bonds. The minimum atomic E-state index is -1.23. The number of ether oxygens (including phenoxy) is 5. The number of nitrogens with zero attached hydrogens (tertiary/aromatic N) is 1. The summed E-state index contributed by atoms with van der Waals surface area (Å²) in [7, 11) is 1.33. The van der Waals surface area contributed by atoms with E-state index in [9.17, 15) is 30.3 Å². The monoisotopic (exact) mass is 517 g/mol. The minimum absolute atomic E-state index is 0.0654. The molecule has 3 rings (SSSR count). The molecule has 13 heteroatoms. The number of aliphatic hydroxyl groups excluding tert-OH is 3. The zero-order valence-corrected chi connectivity index (χ0v) is 20.2. The summed E-state index contributed by atoms with van der Waals surface area (Å²) in [5.74, 6) is -0.378. The number of benzene rings is 1. The Morgan fingerprint density at radius 3 is 2.60 bits per heavy atom. The number of carboxylic acid groups (broad SMARTS) is 1. The first kappa shape index (κ1) is 27.6. The zero-order chi connectivity index (χ0) is 25.6. The van der Waals surface area contributed by atoms with Gasteiger partial charge in [0.05, 0.1) is 26.4 Å². The van der Waals surface area contributed by atoms with E-state index < -0.39 is 48.8 Å². The summed E-state index contributed by atoms with van der Waals surface area (Å²) in [6.45, 7) is 1.75. The Kier molecular flexibility index (Phi) is 9.72. The van der Waals surface area contributed by atoms with Crippen LogP contribution in [0.1, 0.15) is 12.5 Å². The first-order chi connectivity index (χ1) is 16.7. The molecule has 6 unspecified atom stereocenters. The number of methoxy groups -OCH3 is 1. The van der Waals surface area contributed by atoms with Crippen molar-refractivity contribution < 1.29 is 54.0 Å². The molecule has 0 aliphatic carbocycles. The van der Waals surface area contributed by atoms with Gasteiger partial charge in [-0.25, -0.2) is 4.79 Å². The third kappa shape index (κ3) is 6.62. The first-order valence-corrected chi connectivity index (χ1v) is 12.0. The molecule has 2 heterocycles. The second-order valence-electron chi connectivity index (χ2n) is 8.20. The number of aliphatic imine (C=N–C) groups is 1. The van der Waals surface area contributed by atoms with Crippen LogP contribution in [0.15, 0.2) is 23.2 Å². The van der Waals surface area contributed by atoms with Crippen LogP contribution in [-0.4, -0.2) is 119 Å². The van der Waals surface area contributed by atoms with Crippen LogP contribution in [0, 0.1) is 0 Å². The van der Waals surface area contributed by atoms with Gasteiger partial charge in [0.1, 0.15) is 47.6 Å². The summed E-state index contributed by atoms with van der Waals surface area (Å²) in [5, 5.41) is 49.6. The Labute approximate surface area is 206 Å². The number of aliphatic hydroxyl groups is 3. The van der Waals surface area contributed by atoms with Gasteiger partial charge < -0.3 is 49.2 Å². The van der Waals surface area contributed by atoms with Crippen LogP contribution in [0.2, 0.25) is 0 Å². The number of thioether (sulfide) groups is 1. The minimum Gasteiger partial charge on any atom is -0.507 e. The van der Waals surface area contributed by atoms with Crippen molar-refractivity contribution in [1.82, 2.24) is 0 Å². The zero-order valence-electron chi connectivity index (χ0n) is 19.4. The van der Waals surface area contributed by atoms with Gasteiger partial charge in [-0.15, -0.1) is 11.8 Å². The van der Waals surface area contributed by atoms with Gasteiger partial charge in [0, 0.05) is 24.5 Å². The molecule has 196 valence electrons. The Morgan fingerprint density at radius 2 is 1.97 bits per heavy atom. The Balaban J connectivity index is 1.38. The maximum atomic E-state index is 11.3. The van der Waals surface area contributed by atoms with Crippen LogP contribution in [0.25, 0.3) is 0 Å². The smallest absolute Gasteiger partial charge is 0.332 e. The quantitative estimate of drug-likeness (QED) is 0.227. The van der Waals surface area contributed by atoms with Crippen molar-refractivity contribution in [1.29, 1.82) is 0 Å².